The van der Waals surface area contributed by atoms with Gasteiger partial charge in [-0.15, -0.1) is 0 Å². The fourth-order valence-corrected chi connectivity index (χ4v) is 5.57. The van der Waals surface area contributed by atoms with Crippen LogP contribution in [0.5, 0.6) is 11.6 Å². The molecule has 2 aromatic rings. The molecule has 9 heteroatoms. The van der Waals surface area contributed by atoms with Gasteiger partial charge in [-0.05, 0) is 52.7 Å². The summed E-state index contributed by atoms with van der Waals surface area (Å²) in [5.41, 5.74) is 3.08. The third-order valence-electron chi connectivity index (χ3n) is 7.63. The van der Waals surface area contributed by atoms with E-state index in [1.54, 1.807) is 12.0 Å². The molecular weight excluding hydrogens is 508 g/mol. The maximum absolute atomic E-state index is 13.9. The Bertz CT molecular complexity index is 1230. The molecule has 0 spiro atoms. The van der Waals surface area contributed by atoms with Gasteiger partial charge in [0.1, 0.15) is 11.4 Å². The van der Waals surface area contributed by atoms with E-state index >= 15 is 0 Å². The number of aryl methyl sites for hydroxylation is 2. The smallest absolute Gasteiger partial charge is 0.410 e. The van der Waals surface area contributed by atoms with E-state index in [4.69, 9.17) is 14.2 Å². The monoisotopic (exact) mass is 552 g/mol. The predicted octanol–water partition coefficient (Wildman–Crippen LogP) is 5.07. The van der Waals surface area contributed by atoms with Crippen molar-refractivity contribution in [1.82, 2.24) is 14.8 Å². The number of piperazine rings is 1. The number of anilines is 1. The highest BCUT2D eigenvalue weighted by Gasteiger charge is 2.41. The summed E-state index contributed by atoms with van der Waals surface area (Å²) >= 11 is 0. The van der Waals surface area contributed by atoms with E-state index in [0.29, 0.717) is 32.1 Å². The number of benzene rings is 1. The zero-order chi connectivity index (χ0) is 29.4. The number of carbonyl (C=O) groups is 2. The van der Waals surface area contributed by atoms with Gasteiger partial charge in [-0.3, -0.25) is 9.69 Å². The first-order valence-corrected chi connectivity index (χ1v) is 14.0. The Morgan fingerprint density at radius 1 is 1.12 bits per heavy atom. The normalized spacial score (nSPS) is 20.8. The van der Waals surface area contributed by atoms with Crippen molar-refractivity contribution in [2.45, 2.75) is 78.5 Å². The topological polar surface area (TPSA) is 84.4 Å². The second-order valence-corrected chi connectivity index (χ2v) is 12.7. The van der Waals surface area contributed by atoms with E-state index in [1.807, 2.05) is 76.9 Å². The van der Waals surface area contributed by atoms with Crippen molar-refractivity contribution >= 4 is 17.7 Å². The van der Waals surface area contributed by atoms with Gasteiger partial charge in [-0.25, -0.2) is 9.78 Å². The van der Waals surface area contributed by atoms with Gasteiger partial charge in [0, 0.05) is 56.0 Å². The lowest BCUT2D eigenvalue weighted by atomic mass is 9.88. The highest BCUT2D eigenvalue weighted by Crippen LogP contribution is 2.42. The molecule has 1 fully saturated rings. The standard InChI is InChI=1S/C31H44N4O5/c1-20-11-10-12-21(2)28(20)39-26-13-25-24(14-32-26)31(7,8)19-35(25)27(36)17-33-15-22(3)34(16-23(33)18-38-9)29(37)40-30(4,5)6/h10-14,22-23H,15-19H2,1-9H3/t22-,23-/m1/s1. The summed E-state index contributed by atoms with van der Waals surface area (Å²) in [7, 11) is 1.64. The lowest BCUT2D eigenvalue weighted by Crippen LogP contribution is -2.62. The second kappa shape index (κ2) is 11.4. The molecule has 3 heterocycles. The lowest BCUT2D eigenvalue weighted by molar-refractivity contribution is -0.121. The lowest BCUT2D eigenvalue weighted by Gasteiger charge is -2.45. The van der Waals surface area contributed by atoms with E-state index < -0.39 is 5.60 Å². The van der Waals surface area contributed by atoms with Crippen LogP contribution in [0.3, 0.4) is 0 Å². The van der Waals surface area contributed by atoms with Gasteiger partial charge < -0.3 is 24.0 Å². The highest BCUT2D eigenvalue weighted by atomic mass is 16.6. The van der Waals surface area contributed by atoms with E-state index in [0.717, 1.165) is 28.1 Å². The van der Waals surface area contributed by atoms with Crippen LogP contribution in [0.2, 0.25) is 0 Å². The molecule has 0 N–H and O–H groups in total. The predicted molar refractivity (Wildman–Crippen MR) is 155 cm³/mol. The molecule has 0 aliphatic carbocycles. The molecule has 2 aliphatic rings. The number of carbonyl (C=O) groups excluding carboxylic acids is 2. The molecule has 1 aromatic heterocycles. The second-order valence-electron chi connectivity index (χ2n) is 12.7. The van der Waals surface area contributed by atoms with Crippen molar-refractivity contribution in [1.29, 1.82) is 0 Å². The summed E-state index contributed by atoms with van der Waals surface area (Å²) in [5, 5.41) is 0. The Hall–Kier alpha value is -3.17. The van der Waals surface area contributed by atoms with Crippen LogP contribution in [0.15, 0.2) is 30.5 Å². The van der Waals surface area contributed by atoms with Gasteiger partial charge in [0.05, 0.1) is 24.9 Å². The summed E-state index contributed by atoms with van der Waals surface area (Å²) in [5.74, 6) is 1.24. The van der Waals surface area contributed by atoms with Crippen molar-refractivity contribution < 1.29 is 23.8 Å². The minimum atomic E-state index is -0.577. The van der Waals surface area contributed by atoms with Gasteiger partial charge >= 0.3 is 6.09 Å². The van der Waals surface area contributed by atoms with Crippen molar-refractivity contribution in [2.24, 2.45) is 0 Å². The molecular formula is C31H44N4O5. The van der Waals surface area contributed by atoms with Gasteiger partial charge in [0.2, 0.25) is 11.8 Å². The molecule has 2 atom stereocenters. The fourth-order valence-electron chi connectivity index (χ4n) is 5.57. The Morgan fingerprint density at radius 3 is 2.42 bits per heavy atom. The van der Waals surface area contributed by atoms with E-state index in [9.17, 15) is 9.59 Å². The minimum Gasteiger partial charge on any atom is -0.444 e. The zero-order valence-electron chi connectivity index (χ0n) is 25.4. The summed E-state index contributed by atoms with van der Waals surface area (Å²) in [6.07, 6.45) is 1.49. The molecule has 9 nitrogen and oxygen atoms in total. The Morgan fingerprint density at radius 2 is 1.80 bits per heavy atom. The fraction of sp³-hybridized carbons (Fsp3) is 0.581. The average Bonchev–Trinajstić information content (AvgIpc) is 3.12. The molecule has 40 heavy (non-hydrogen) atoms. The summed E-state index contributed by atoms with van der Waals surface area (Å²) < 4.78 is 17.3. The van der Waals surface area contributed by atoms with E-state index in [-0.39, 0.29) is 36.0 Å². The van der Waals surface area contributed by atoms with Crippen molar-refractivity contribution in [3.8, 4) is 11.6 Å². The number of ether oxygens (including phenoxy) is 3. The Labute approximate surface area is 238 Å². The number of methoxy groups -OCH3 is 1. The molecule has 2 amide bonds. The van der Waals surface area contributed by atoms with Crippen LogP contribution in [0.1, 0.15) is 58.2 Å². The molecule has 0 unspecified atom stereocenters. The number of amides is 2. The van der Waals surface area contributed by atoms with Crippen LogP contribution in [-0.2, 0) is 19.7 Å². The molecule has 1 aromatic carbocycles. The highest BCUT2D eigenvalue weighted by molar-refractivity contribution is 5.97. The minimum absolute atomic E-state index is 0.00457. The number of nitrogens with zero attached hydrogens (tertiary/aromatic N) is 4. The molecule has 4 rings (SSSR count). The first kappa shape index (κ1) is 29.8. The van der Waals surface area contributed by atoms with Gasteiger partial charge in [-0.2, -0.15) is 0 Å². The van der Waals surface area contributed by atoms with Crippen LogP contribution >= 0.6 is 0 Å². The number of para-hydroxylation sites is 1. The molecule has 218 valence electrons. The third kappa shape index (κ3) is 6.41. The molecule has 0 saturated carbocycles. The van der Waals surface area contributed by atoms with Crippen LogP contribution in [-0.4, -0.2) is 84.4 Å². The molecule has 1 saturated heterocycles. The Balaban J connectivity index is 1.54. The summed E-state index contributed by atoms with van der Waals surface area (Å²) in [6.45, 7) is 18.0. The number of hydrogen-bond acceptors (Lipinski definition) is 7. The quantitative estimate of drug-likeness (QED) is 0.495. The maximum atomic E-state index is 13.9. The third-order valence-corrected chi connectivity index (χ3v) is 7.63. The van der Waals surface area contributed by atoms with Crippen molar-refractivity contribution in [2.75, 3.05) is 44.8 Å². The molecule has 2 aliphatic heterocycles. The first-order valence-electron chi connectivity index (χ1n) is 14.0. The zero-order valence-corrected chi connectivity index (χ0v) is 25.4. The van der Waals surface area contributed by atoms with Crippen LogP contribution in [0.4, 0.5) is 10.5 Å². The summed E-state index contributed by atoms with van der Waals surface area (Å²) in [6, 6.07) is 7.65. The van der Waals surface area contributed by atoms with Crippen molar-refractivity contribution in [3.63, 3.8) is 0 Å². The number of hydrogen-bond donors (Lipinski definition) is 0. The molecule has 0 radical (unpaired) electrons. The number of rotatable bonds is 6. The SMILES string of the molecule is COC[C@H]1CN(C(=O)OC(C)(C)C)[C@H](C)CN1CC(=O)N1CC(C)(C)c2cnc(Oc3c(C)cccc3C)cc21. The van der Waals surface area contributed by atoms with Gasteiger partial charge in [0.25, 0.3) is 0 Å². The van der Waals surface area contributed by atoms with Crippen molar-refractivity contribution in [3.05, 3.63) is 47.2 Å². The summed E-state index contributed by atoms with van der Waals surface area (Å²) in [4.78, 5) is 37.1. The number of aromatic nitrogens is 1. The first-order chi connectivity index (χ1) is 18.7. The number of pyridine rings is 1. The maximum Gasteiger partial charge on any atom is 0.410 e. The van der Waals surface area contributed by atoms with E-state index in [1.165, 1.54) is 0 Å². The van der Waals surface area contributed by atoms with Crippen LogP contribution in [0.25, 0.3) is 0 Å². The van der Waals surface area contributed by atoms with Gasteiger partial charge in [0.15, 0.2) is 0 Å². The van der Waals surface area contributed by atoms with Crippen LogP contribution in [0, 0.1) is 13.8 Å². The van der Waals surface area contributed by atoms with Crippen LogP contribution < -0.4 is 9.64 Å². The Kier molecular flexibility index (Phi) is 8.47. The number of fused-ring (bicyclic) bond motifs is 1. The van der Waals surface area contributed by atoms with Gasteiger partial charge in [-0.1, -0.05) is 32.0 Å². The van der Waals surface area contributed by atoms with E-state index in [2.05, 4.69) is 23.7 Å². The average molecular weight is 553 g/mol. The largest absolute Gasteiger partial charge is 0.444 e. The molecule has 0 bridgehead atoms.